The van der Waals surface area contributed by atoms with Gasteiger partial charge >= 0.3 is 0 Å². The second kappa shape index (κ2) is 5.51. The number of alkyl halides is 1. The molecular weight excluding hydrogens is 332 g/mol. The van der Waals surface area contributed by atoms with Crippen molar-refractivity contribution in [2.45, 2.75) is 5.33 Å². The molecule has 2 rings (SSSR count). The molecule has 1 nitrogen and oxygen atoms in total. The van der Waals surface area contributed by atoms with Gasteiger partial charge in [-0.1, -0.05) is 44.0 Å². The Labute approximate surface area is 112 Å². The second-order valence-electron chi connectivity index (χ2n) is 3.33. The summed E-state index contributed by atoms with van der Waals surface area (Å²) in [7, 11) is 0. The van der Waals surface area contributed by atoms with Crippen molar-refractivity contribution in [2.24, 2.45) is 0 Å². The zero-order chi connectivity index (χ0) is 11.4. The first kappa shape index (κ1) is 11.7. The van der Waals surface area contributed by atoms with Crippen LogP contribution in [0.15, 0.2) is 53.0 Å². The fraction of sp³-hybridized carbons (Fsp3) is 0.0769. The van der Waals surface area contributed by atoms with E-state index in [1.54, 1.807) is 0 Å². The zero-order valence-electron chi connectivity index (χ0n) is 8.49. The van der Waals surface area contributed by atoms with E-state index in [0.29, 0.717) is 0 Å². The van der Waals surface area contributed by atoms with E-state index in [4.69, 9.17) is 4.74 Å². The lowest BCUT2D eigenvalue weighted by atomic mass is 10.2. The molecule has 0 N–H and O–H groups in total. The molecule has 0 saturated heterocycles. The van der Waals surface area contributed by atoms with Crippen molar-refractivity contribution in [3.8, 4) is 11.5 Å². The predicted octanol–water partition coefficient (Wildman–Crippen LogP) is 5.14. The Hall–Kier alpha value is -0.800. The van der Waals surface area contributed by atoms with E-state index in [1.807, 2.05) is 48.5 Å². The van der Waals surface area contributed by atoms with Gasteiger partial charge in [0, 0.05) is 9.80 Å². The van der Waals surface area contributed by atoms with Crippen LogP contribution in [0.25, 0.3) is 0 Å². The molecule has 16 heavy (non-hydrogen) atoms. The number of rotatable bonds is 3. The molecule has 0 aliphatic carbocycles. The fourth-order valence-corrected chi connectivity index (χ4v) is 1.92. The van der Waals surface area contributed by atoms with Gasteiger partial charge in [-0.3, -0.25) is 0 Å². The lowest BCUT2D eigenvalue weighted by molar-refractivity contribution is 0.482. The van der Waals surface area contributed by atoms with E-state index in [9.17, 15) is 0 Å². The minimum Gasteiger partial charge on any atom is -0.457 e. The summed E-state index contributed by atoms with van der Waals surface area (Å²) in [6.07, 6.45) is 0. The van der Waals surface area contributed by atoms with Crippen molar-refractivity contribution in [3.63, 3.8) is 0 Å². The fourth-order valence-electron chi connectivity index (χ4n) is 1.29. The van der Waals surface area contributed by atoms with Crippen LogP contribution in [0.3, 0.4) is 0 Å². The first-order valence-corrected chi connectivity index (χ1v) is 6.78. The van der Waals surface area contributed by atoms with Gasteiger partial charge in [0.2, 0.25) is 0 Å². The second-order valence-corrected chi connectivity index (χ2v) is 4.81. The third-order valence-corrected chi connectivity index (χ3v) is 3.30. The van der Waals surface area contributed by atoms with E-state index < -0.39 is 0 Å². The maximum atomic E-state index is 5.70. The summed E-state index contributed by atoms with van der Waals surface area (Å²) >= 11 is 6.80. The molecule has 2 aromatic carbocycles. The highest BCUT2D eigenvalue weighted by Gasteiger charge is 1.97. The van der Waals surface area contributed by atoms with Crippen molar-refractivity contribution in [3.05, 3.63) is 58.6 Å². The van der Waals surface area contributed by atoms with Crippen LogP contribution in [0.5, 0.6) is 11.5 Å². The first-order chi connectivity index (χ1) is 7.78. The van der Waals surface area contributed by atoms with Crippen LogP contribution >= 0.6 is 31.9 Å². The minimum absolute atomic E-state index is 0.842. The van der Waals surface area contributed by atoms with Gasteiger partial charge in [-0.25, -0.2) is 0 Å². The molecule has 3 heteroatoms. The lowest BCUT2D eigenvalue weighted by Crippen LogP contribution is -1.84. The molecule has 0 saturated carbocycles. The summed E-state index contributed by atoms with van der Waals surface area (Å²) in [6.45, 7) is 0. The highest BCUT2D eigenvalue weighted by molar-refractivity contribution is 9.10. The summed E-state index contributed by atoms with van der Waals surface area (Å²) in [5.74, 6) is 1.70. The number of halogens is 2. The zero-order valence-corrected chi connectivity index (χ0v) is 11.7. The molecular formula is C13H10Br2O. The molecule has 0 heterocycles. The average molecular weight is 342 g/mol. The third-order valence-electron chi connectivity index (χ3n) is 2.13. The molecule has 0 amide bonds. The van der Waals surface area contributed by atoms with Crippen molar-refractivity contribution in [2.75, 3.05) is 0 Å². The molecule has 0 bridgehead atoms. The van der Waals surface area contributed by atoms with Gasteiger partial charge in [0.15, 0.2) is 0 Å². The monoisotopic (exact) mass is 340 g/mol. The van der Waals surface area contributed by atoms with E-state index in [2.05, 4.69) is 31.9 Å². The third kappa shape index (κ3) is 3.09. The van der Waals surface area contributed by atoms with Gasteiger partial charge in [-0.05, 0) is 42.0 Å². The Balaban J connectivity index is 2.11. The Kier molecular flexibility index (Phi) is 4.02. The molecule has 0 radical (unpaired) electrons. The Morgan fingerprint density at radius 3 is 1.81 bits per heavy atom. The SMILES string of the molecule is BrCc1ccc(Oc2ccc(Br)cc2)cc1. The van der Waals surface area contributed by atoms with Gasteiger partial charge < -0.3 is 4.74 Å². The van der Waals surface area contributed by atoms with Crippen LogP contribution in [0.1, 0.15) is 5.56 Å². The topological polar surface area (TPSA) is 9.23 Å². The maximum Gasteiger partial charge on any atom is 0.127 e. The summed E-state index contributed by atoms with van der Waals surface area (Å²) in [5.41, 5.74) is 1.24. The van der Waals surface area contributed by atoms with Crippen LogP contribution in [0.4, 0.5) is 0 Å². The summed E-state index contributed by atoms with van der Waals surface area (Å²) in [4.78, 5) is 0. The van der Waals surface area contributed by atoms with Gasteiger partial charge in [-0.15, -0.1) is 0 Å². The molecule has 0 aliphatic heterocycles. The first-order valence-electron chi connectivity index (χ1n) is 4.86. The van der Waals surface area contributed by atoms with Crippen molar-refractivity contribution >= 4 is 31.9 Å². The average Bonchev–Trinajstić information content (AvgIpc) is 2.33. The maximum absolute atomic E-state index is 5.70. The van der Waals surface area contributed by atoms with Gasteiger partial charge in [-0.2, -0.15) is 0 Å². The molecule has 0 atom stereocenters. The predicted molar refractivity (Wildman–Crippen MR) is 73.3 cm³/mol. The summed E-state index contributed by atoms with van der Waals surface area (Å²) in [6, 6.07) is 15.8. The summed E-state index contributed by atoms with van der Waals surface area (Å²) < 4.78 is 6.75. The standard InChI is InChI=1S/C13H10Br2O/c14-9-10-1-5-12(6-2-10)16-13-7-3-11(15)4-8-13/h1-8H,9H2. The number of ether oxygens (including phenoxy) is 1. The minimum atomic E-state index is 0.842. The molecule has 0 unspecified atom stereocenters. The molecule has 2 aromatic rings. The van der Waals surface area contributed by atoms with Gasteiger partial charge in [0.05, 0.1) is 0 Å². The Morgan fingerprint density at radius 2 is 1.31 bits per heavy atom. The highest BCUT2D eigenvalue weighted by atomic mass is 79.9. The Bertz CT molecular complexity index is 448. The van der Waals surface area contributed by atoms with Crippen LogP contribution in [0, 0.1) is 0 Å². The quantitative estimate of drug-likeness (QED) is 0.702. The summed E-state index contributed by atoms with van der Waals surface area (Å²) in [5, 5.41) is 0.867. The molecule has 0 aromatic heterocycles. The van der Waals surface area contributed by atoms with E-state index >= 15 is 0 Å². The van der Waals surface area contributed by atoms with Crippen LogP contribution < -0.4 is 4.74 Å². The van der Waals surface area contributed by atoms with Crippen LogP contribution in [0.2, 0.25) is 0 Å². The normalized spacial score (nSPS) is 10.1. The van der Waals surface area contributed by atoms with Crippen molar-refractivity contribution < 1.29 is 4.74 Å². The van der Waals surface area contributed by atoms with E-state index in [0.717, 1.165) is 21.3 Å². The highest BCUT2D eigenvalue weighted by Crippen LogP contribution is 2.23. The number of benzene rings is 2. The molecule has 0 aliphatic rings. The van der Waals surface area contributed by atoms with Gasteiger partial charge in [0.25, 0.3) is 0 Å². The smallest absolute Gasteiger partial charge is 0.127 e. The van der Waals surface area contributed by atoms with Crippen LogP contribution in [-0.4, -0.2) is 0 Å². The largest absolute Gasteiger partial charge is 0.457 e. The molecule has 0 spiro atoms. The number of hydrogen-bond donors (Lipinski definition) is 0. The van der Waals surface area contributed by atoms with Crippen molar-refractivity contribution in [1.29, 1.82) is 0 Å². The van der Waals surface area contributed by atoms with Crippen molar-refractivity contribution in [1.82, 2.24) is 0 Å². The van der Waals surface area contributed by atoms with E-state index in [1.165, 1.54) is 5.56 Å². The Morgan fingerprint density at radius 1 is 0.812 bits per heavy atom. The molecule has 82 valence electrons. The van der Waals surface area contributed by atoms with Crippen LogP contribution in [-0.2, 0) is 5.33 Å². The van der Waals surface area contributed by atoms with Gasteiger partial charge in [0.1, 0.15) is 11.5 Å². The van der Waals surface area contributed by atoms with E-state index in [-0.39, 0.29) is 0 Å². The molecule has 0 fully saturated rings. The lowest BCUT2D eigenvalue weighted by Gasteiger charge is -2.06. The number of hydrogen-bond acceptors (Lipinski definition) is 1.